The Balaban J connectivity index is 0.00000196. The van der Waals surface area contributed by atoms with Gasteiger partial charge in [0.25, 0.3) is 0 Å². The molecule has 1 aliphatic carbocycles. The number of rotatable bonds is 3. The Kier molecular flexibility index (Phi) is 5.03. The Labute approximate surface area is 159 Å². The van der Waals surface area contributed by atoms with E-state index in [1.54, 1.807) is 0 Å². The molecular formula is C19H23ClN2O3S. The van der Waals surface area contributed by atoms with E-state index >= 15 is 0 Å². The van der Waals surface area contributed by atoms with Gasteiger partial charge in [-0.05, 0) is 61.4 Å². The van der Waals surface area contributed by atoms with Gasteiger partial charge < -0.3 is 10.6 Å². The molecule has 2 aromatic carbocycles. The molecule has 4 rings (SSSR count). The molecule has 1 aliphatic heterocycles. The van der Waals surface area contributed by atoms with Crippen LogP contribution in [-0.4, -0.2) is 38.4 Å². The van der Waals surface area contributed by atoms with Crippen LogP contribution in [0.25, 0.3) is 10.8 Å². The molecule has 5 nitrogen and oxygen atoms in total. The third kappa shape index (κ3) is 2.90. The standard InChI is InChI=1S/C19H22N2O3S.ClH/c1-25(23,24)19(9-11-20-12-10-19)18(22)21-16-8-7-14-6-5-13-3-2-4-15(16)17(13)14;/h2-4,7-8,20H,5-6,9-12H2,1H3,(H,21,22);1H. The second-order valence-electron chi connectivity index (χ2n) is 7.08. The SMILES string of the molecule is CS(=O)(=O)C1(C(=O)Nc2ccc3c4c(cccc24)CC3)CCNCC1.Cl. The molecule has 0 unspecified atom stereocenters. The highest BCUT2D eigenvalue weighted by Gasteiger charge is 2.48. The third-order valence-corrected chi connectivity index (χ3v) is 7.67. The van der Waals surface area contributed by atoms with Gasteiger partial charge in [-0.1, -0.05) is 24.3 Å². The number of aryl methyl sites for hydroxylation is 2. The number of benzene rings is 2. The summed E-state index contributed by atoms with van der Waals surface area (Å²) in [7, 11) is -3.52. The van der Waals surface area contributed by atoms with E-state index in [1.165, 1.54) is 22.8 Å². The Morgan fingerprint density at radius 2 is 1.73 bits per heavy atom. The molecule has 0 radical (unpaired) electrons. The summed E-state index contributed by atoms with van der Waals surface area (Å²) in [5, 5.41) is 8.28. The number of amides is 1. The van der Waals surface area contributed by atoms with Gasteiger partial charge in [0, 0.05) is 17.3 Å². The molecule has 2 N–H and O–H groups in total. The van der Waals surface area contributed by atoms with Crippen molar-refractivity contribution in [3.05, 3.63) is 41.5 Å². The first kappa shape index (κ1) is 19.1. The largest absolute Gasteiger partial charge is 0.324 e. The second kappa shape index (κ2) is 6.83. The van der Waals surface area contributed by atoms with E-state index in [2.05, 4.69) is 16.7 Å². The maximum absolute atomic E-state index is 13.0. The summed E-state index contributed by atoms with van der Waals surface area (Å²) in [5.74, 6) is -0.407. The van der Waals surface area contributed by atoms with Gasteiger partial charge in [-0.25, -0.2) is 8.42 Å². The van der Waals surface area contributed by atoms with Gasteiger partial charge in [-0.2, -0.15) is 0 Å². The minimum atomic E-state index is -3.52. The third-order valence-electron chi connectivity index (χ3n) is 5.66. The summed E-state index contributed by atoms with van der Waals surface area (Å²) in [5.41, 5.74) is 3.29. The number of carbonyl (C=O) groups is 1. The quantitative estimate of drug-likeness (QED) is 0.838. The van der Waals surface area contributed by atoms with Crippen molar-refractivity contribution < 1.29 is 13.2 Å². The number of anilines is 1. The second-order valence-corrected chi connectivity index (χ2v) is 9.41. The number of nitrogens with one attached hydrogen (secondary N) is 2. The minimum absolute atomic E-state index is 0. The van der Waals surface area contributed by atoms with Gasteiger partial charge in [0.2, 0.25) is 5.91 Å². The summed E-state index contributed by atoms with van der Waals surface area (Å²) >= 11 is 0. The van der Waals surface area contributed by atoms with Gasteiger partial charge in [-0.3, -0.25) is 4.79 Å². The summed E-state index contributed by atoms with van der Waals surface area (Å²) in [6.07, 6.45) is 3.81. The van der Waals surface area contributed by atoms with Crippen molar-refractivity contribution in [2.45, 2.75) is 30.4 Å². The van der Waals surface area contributed by atoms with Gasteiger partial charge in [0.1, 0.15) is 0 Å². The number of hydrogen-bond donors (Lipinski definition) is 2. The van der Waals surface area contributed by atoms with E-state index in [0.29, 0.717) is 31.6 Å². The van der Waals surface area contributed by atoms with Crippen LogP contribution < -0.4 is 10.6 Å². The van der Waals surface area contributed by atoms with Crippen molar-refractivity contribution in [1.82, 2.24) is 5.32 Å². The summed E-state index contributed by atoms with van der Waals surface area (Å²) in [6, 6.07) is 10.1. The molecule has 140 valence electrons. The number of piperidine rings is 1. The molecule has 2 aromatic rings. The number of carbonyl (C=O) groups excluding carboxylic acids is 1. The predicted molar refractivity (Wildman–Crippen MR) is 107 cm³/mol. The van der Waals surface area contributed by atoms with Gasteiger partial charge in [0.15, 0.2) is 14.6 Å². The fourth-order valence-electron chi connectivity index (χ4n) is 4.19. The molecule has 7 heteroatoms. The normalized spacial score (nSPS) is 18.3. The van der Waals surface area contributed by atoms with Crippen molar-refractivity contribution in [2.24, 2.45) is 0 Å². The molecule has 0 spiro atoms. The van der Waals surface area contributed by atoms with E-state index in [4.69, 9.17) is 0 Å². The van der Waals surface area contributed by atoms with Gasteiger partial charge in [0.05, 0.1) is 0 Å². The highest BCUT2D eigenvalue weighted by atomic mass is 35.5. The molecule has 26 heavy (non-hydrogen) atoms. The lowest BCUT2D eigenvalue weighted by atomic mass is 9.95. The maximum atomic E-state index is 13.0. The number of sulfone groups is 1. The number of hydrogen-bond acceptors (Lipinski definition) is 4. The van der Waals surface area contributed by atoms with Gasteiger partial charge >= 0.3 is 0 Å². The lowest BCUT2D eigenvalue weighted by Crippen LogP contribution is -2.55. The zero-order valence-corrected chi connectivity index (χ0v) is 16.3. The maximum Gasteiger partial charge on any atom is 0.245 e. The van der Waals surface area contributed by atoms with E-state index in [1.807, 2.05) is 24.3 Å². The Bertz CT molecular complexity index is 956. The fraction of sp³-hybridized carbons (Fsp3) is 0.421. The average Bonchev–Trinajstić information content (AvgIpc) is 3.02. The summed E-state index contributed by atoms with van der Waals surface area (Å²) in [4.78, 5) is 13.0. The summed E-state index contributed by atoms with van der Waals surface area (Å²) in [6.45, 7) is 1.06. The van der Waals surface area contributed by atoms with Crippen LogP contribution in [0.3, 0.4) is 0 Å². The lowest BCUT2D eigenvalue weighted by Gasteiger charge is -2.34. The van der Waals surface area contributed by atoms with Crippen molar-refractivity contribution >= 4 is 44.6 Å². The van der Waals surface area contributed by atoms with Crippen molar-refractivity contribution in [2.75, 3.05) is 24.7 Å². The van der Waals surface area contributed by atoms with E-state index in [-0.39, 0.29) is 12.4 Å². The molecule has 1 saturated heterocycles. The Morgan fingerprint density at radius 1 is 1.08 bits per heavy atom. The van der Waals surface area contributed by atoms with Crippen LogP contribution >= 0.6 is 12.4 Å². The Morgan fingerprint density at radius 3 is 2.38 bits per heavy atom. The monoisotopic (exact) mass is 394 g/mol. The van der Waals surface area contributed by atoms with Crippen molar-refractivity contribution in [1.29, 1.82) is 0 Å². The topological polar surface area (TPSA) is 75.3 Å². The Hall–Kier alpha value is -1.63. The first-order chi connectivity index (χ1) is 11.9. The zero-order chi connectivity index (χ0) is 17.7. The molecule has 1 heterocycles. The van der Waals surface area contributed by atoms with Crippen LogP contribution in [0.2, 0.25) is 0 Å². The van der Waals surface area contributed by atoms with E-state index < -0.39 is 20.5 Å². The van der Waals surface area contributed by atoms with Gasteiger partial charge in [-0.15, -0.1) is 12.4 Å². The molecule has 0 atom stereocenters. The van der Waals surface area contributed by atoms with E-state index in [0.717, 1.165) is 18.2 Å². The molecule has 1 fully saturated rings. The highest BCUT2D eigenvalue weighted by molar-refractivity contribution is 7.92. The number of halogens is 1. The van der Waals surface area contributed by atoms with Crippen LogP contribution in [0, 0.1) is 0 Å². The fourth-order valence-corrected chi connectivity index (χ4v) is 5.52. The summed E-state index contributed by atoms with van der Waals surface area (Å²) < 4.78 is 23.5. The molecular weight excluding hydrogens is 372 g/mol. The molecule has 0 saturated carbocycles. The lowest BCUT2D eigenvalue weighted by molar-refractivity contribution is -0.119. The van der Waals surface area contributed by atoms with Crippen LogP contribution in [0.4, 0.5) is 5.69 Å². The van der Waals surface area contributed by atoms with Crippen LogP contribution in [0.5, 0.6) is 0 Å². The first-order valence-electron chi connectivity index (χ1n) is 8.68. The molecule has 2 aliphatic rings. The minimum Gasteiger partial charge on any atom is -0.324 e. The van der Waals surface area contributed by atoms with Crippen LogP contribution in [0.1, 0.15) is 24.0 Å². The molecule has 1 amide bonds. The molecule has 0 bridgehead atoms. The predicted octanol–water partition coefficient (Wildman–Crippen LogP) is 2.47. The van der Waals surface area contributed by atoms with Crippen LogP contribution in [-0.2, 0) is 27.5 Å². The van der Waals surface area contributed by atoms with Crippen LogP contribution in [0.15, 0.2) is 30.3 Å². The smallest absolute Gasteiger partial charge is 0.245 e. The van der Waals surface area contributed by atoms with E-state index in [9.17, 15) is 13.2 Å². The zero-order valence-electron chi connectivity index (χ0n) is 14.7. The van der Waals surface area contributed by atoms with Crippen molar-refractivity contribution in [3.63, 3.8) is 0 Å². The highest BCUT2D eigenvalue weighted by Crippen LogP contribution is 2.36. The average molecular weight is 395 g/mol. The first-order valence-corrected chi connectivity index (χ1v) is 10.6. The van der Waals surface area contributed by atoms with Crippen molar-refractivity contribution in [3.8, 4) is 0 Å². The molecule has 0 aromatic heterocycles.